The summed E-state index contributed by atoms with van der Waals surface area (Å²) in [4.78, 5) is 23.5. The largest absolute Gasteiger partial charge is 0.497 e. The maximum atomic E-state index is 12.9. The minimum absolute atomic E-state index is 0.0407. The molecule has 1 fully saturated rings. The van der Waals surface area contributed by atoms with Gasteiger partial charge in [0.15, 0.2) is 0 Å². The van der Waals surface area contributed by atoms with Crippen LogP contribution in [0.1, 0.15) is 36.5 Å². The van der Waals surface area contributed by atoms with Crippen molar-refractivity contribution in [3.63, 3.8) is 0 Å². The summed E-state index contributed by atoms with van der Waals surface area (Å²) in [5.41, 5.74) is 0.548. The molecule has 0 saturated carbocycles. The number of alkyl halides is 3. The number of sulfonamides is 1. The van der Waals surface area contributed by atoms with Gasteiger partial charge in [-0.05, 0) is 30.7 Å². The van der Waals surface area contributed by atoms with Gasteiger partial charge in [-0.3, -0.25) is 4.79 Å². The van der Waals surface area contributed by atoms with Crippen LogP contribution in [-0.4, -0.2) is 92.9 Å². The molecular weight excluding hydrogens is 479 g/mol. The predicted molar refractivity (Wildman–Crippen MR) is 120 cm³/mol. The molecule has 0 aromatic heterocycles. The number of carboxylic acids is 1. The highest BCUT2D eigenvalue weighted by Gasteiger charge is 2.38. The standard InChI is InChI=1S/C19H31N3O4S.C2HF3O2/c1-3-4-5-12-21(19(23)17-6-8-18(26-2)9-7-17)15-16-27(24,25)22-13-10-20-11-14-22;3-2(4,5)1(6)7/h6-9,20H,3-5,10-16H2,1-2H3;(H,6,7). The Hall–Kier alpha value is -2.38. The minimum Gasteiger partial charge on any atom is -0.497 e. The normalized spacial score (nSPS) is 14.6. The number of methoxy groups -OCH3 is 1. The lowest BCUT2D eigenvalue weighted by molar-refractivity contribution is -0.192. The van der Waals surface area contributed by atoms with E-state index in [4.69, 9.17) is 14.6 Å². The van der Waals surface area contributed by atoms with Crippen molar-refractivity contribution in [1.82, 2.24) is 14.5 Å². The first-order valence-corrected chi connectivity index (χ1v) is 12.4. The van der Waals surface area contributed by atoms with Crippen LogP contribution in [0.3, 0.4) is 0 Å². The van der Waals surface area contributed by atoms with Crippen molar-refractivity contribution in [1.29, 1.82) is 0 Å². The van der Waals surface area contributed by atoms with Gasteiger partial charge in [-0.25, -0.2) is 13.2 Å². The first kappa shape index (κ1) is 29.7. The molecule has 1 aromatic rings. The average Bonchev–Trinajstić information content (AvgIpc) is 2.81. The Morgan fingerprint density at radius 3 is 2.15 bits per heavy atom. The lowest BCUT2D eigenvalue weighted by Crippen LogP contribution is -2.48. The molecule has 13 heteroatoms. The summed E-state index contributed by atoms with van der Waals surface area (Å²) < 4.78 is 63.6. The number of carbonyl (C=O) groups is 2. The Morgan fingerprint density at radius 1 is 1.12 bits per heavy atom. The number of benzene rings is 1. The van der Waals surface area contributed by atoms with Crippen LogP contribution in [0, 0.1) is 0 Å². The smallest absolute Gasteiger partial charge is 0.490 e. The lowest BCUT2D eigenvalue weighted by atomic mass is 10.1. The van der Waals surface area contributed by atoms with Gasteiger partial charge in [0, 0.05) is 44.8 Å². The summed E-state index contributed by atoms with van der Waals surface area (Å²) in [6.07, 6.45) is -2.16. The van der Waals surface area contributed by atoms with E-state index in [-0.39, 0.29) is 18.2 Å². The van der Waals surface area contributed by atoms with Crippen LogP contribution in [0.2, 0.25) is 0 Å². The molecule has 1 aromatic carbocycles. The molecule has 194 valence electrons. The van der Waals surface area contributed by atoms with Crippen molar-refractivity contribution in [3.8, 4) is 5.75 Å². The molecule has 0 unspecified atom stereocenters. The van der Waals surface area contributed by atoms with Gasteiger partial charge in [0.2, 0.25) is 10.0 Å². The SMILES string of the molecule is CCCCCN(CCS(=O)(=O)N1CCNCC1)C(=O)c1ccc(OC)cc1.O=C(O)C(F)(F)F. The zero-order valence-corrected chi connectivity index (χ0v) is 20.1. The van der Waals surface area contributed by atoms with Crippen LogP contribution in [0.25, 0.3) is 0 Å². The van der Waals surface area contributed by atoms with E-state index in [1.807, 2.05) is 0 Å². The van der Waals surface area contributed by atoms with Gasteiger partial charge in [0.25, 0.3) is 5.91 Å². The quantitative estimate of drug-likeness (QED) is 0.463. The van der Waals surface area contributed by atoms with Gasteiger partial charge in [0.1, 0.15) is 5.75 Å². The third-order valence-electron chi connectivity index (χ3n) is 4.99. The Labute approximate surface area is 197 Å². The summed E-state index contributed by atoms with van der Waals surface area (Å²) in [5, 5.41) is 10.3. The second-order valence-electron chi connectivity index (χ2n) is 7.50. The van der Waals surface area contributed by atoms with Crippen molar-refractivity contribution in [2.24, 2.45) is 0 Å². The minimum atomic E-state index is -5.08. The van der Waals surface area contributed by atoms with Gasteiger partial charge in [-0.1, -0.05) is 19.8 Å². The maximum absolute atomic E-state index is 12.9. The lowest BCUT2D eigenvalue weighted by Gasteiger charge is -2.28. The van der Waals surface area contributed by atoms with Crippen molar-refractivity contribution in [3.05, 3.63) is 29.8 Å². The molecule has 1 aliphatic rings. The molecule has 2 N–H and O–H groups in total. The second kappa shape index (κ2) is 14.1. The summed E-state index contributed by atoms with van der Waals surface area (Å²) in [5.74, 6) is -2.25. The van der Waals surface area contributed by atoms with E-state index in [0.29, 0.717) is 44.0 Å². The number of carbonyl (C=O) groups excluding carboxylic acids is 1. The number of aliphatic carboxylic acids is 1. The van der Waals surface area contributed by atoms with Crippen LogP contribution in [0.4, 0.5) is 13.2 Å². The molecule has 34 heavy (non-hydrogen) atoms. The number of carboxylic acid groups (broad SMARTS) is 1. The third kappa shape index (κ3) is 10.3. The predicted octanol–water partition coefficient (Wildman–Crippen LogP) is 2.20. The van der Waals surface area contributed by atoms with Gasteiger partial charge < -0.3 is 20.1 Å². The number of amides is 1. The number of nitrogens with zero attached hydrogens (tertiary/aromatic N) is 2. The highest BCUT2D eigenvalue weighted by atomic mass is 32.2. The third-order valence-corrected chi connectivity index (χ3v) is 6.84. The van der Waals surface area contributed by atoms with E-state index < -0.39 is 22.2 Å². The zero-order chi connectivity index (χ0) is 25.8. The number of piperazine rings is 1. The van der Waals surface area contributed by atoms with Crippen molar-refractivity contribution in [2.45, 2.75) is 32.4 Å². The topological polar surface area (TPSA) is 116 Å². The molecular formula is C21H32F3N3O6S. The second-order valence-corrected chi connectivity index (χ2v) is 9.58. The summed E-state index contributed by atoms with van der Waals surface area (Å²) >= 11 is 0. The first-order valence-electron chi connectivity index (χ1n) is 10.8. The van der Waals surface area contributed by atoms with Gasteiger partial charge in [-0.15, -0.1) is 0 Å². The van der Waals surface area contributed by atoms with Crippen LogP contribution < -0.4 is 10.1 Å². The zero-order valence-electron chi connectivity index (χ0n) is 19.3. The molecule has 9 nitrogen and oxygen atoms in total. The van der Waals surface area contributed by atoms with Crippen LogP contribution in [0.15, 0.2) is 24.3 Å². The molecule has 0 aliphatic carbocycles. The highest BCUT2D eigenvalue weighted by molar-refractivity contribution is 7.89. The molecule has 0 spiro atoms. The molecule has 0 bridgehead atoms. The number of unbranched alkanes of at least 4 members (excludes halogenated alkanes) is 2. The van der Waals surface area contributed by atoms with Crippen LogP contribution >= 0.6 is 0 Å². The Morgan fingerprint density at radius 2 is 1.68 bits per heavy atom. The fourth-order valence-electron chi connectivity index (χ4n) is 3.06. The molecule has 1 saturated heterocycles. The van der Waals surface area contributed by atoms with Crippen molar-refractivity contribution >= 4 is 21.9 Å². The molecule has 1 amide bonds. The van der Waals surface area contributed by atoms with Gasteiger partial charge in [-0.2, -0.15) is 17.5 Å². The van der Waals surface area contributed by atoms with Gasteiger partial charge in [0.05, 0.1) is 12.9 Å². The Kier molecular flexibility index (Phi) is 12.3. The Bertz CT molecular complexity index is 873. The summed E-state index contributed by atoms with van der Waals surface area (Å²) in [7, 11) is -1.78. The fraction of sp³-hybridized carbons (Fsp3) is 0.619. The van der Waals surface area contributed by atoms with Crippen molar-refractivity contribution in [2.75, 3.05) is 52.1 Å². The number of ether oxygens (including phenoxy) is 1. The van der Waals surface area contributed by atoms with Gasteiger partial charge >= 0.3 is 12.1 Å². The number of rotatable bonds is 10. The number of halogens is 3. The van der Waals surface area contributed by atoms with Crippen LogP contribution in [0.5, 0.6) is 5.75 Å². The molecule has 1 heterocycles. The Balaban J connectivity index is 0.000000718. The molecule has 0 atom stereocenters. The van der Waals surface area contributed by atoms with Crippen LogP contribution in [-0.2, 0) is 14.8 Å². The summed E-state index contributed by atoms with van der Waals surface area (Å²) in [6, 6.07) is 6.93. The van der Waals surface area contributed by atoms with E-state index in [9.17, 15) is 26.4 Å². The average molecular weight is 512 g/mol. The maximum Gasteiger partial charge on any atom is 0.490 e. The van der Waals surface area contributed by atoms with E-state index >= 15 is 0 Å². The van der Waals surface area contributed by atoms with E-state index in [1.165, 1.54) is 4.31 Å². The highest BCUT2D eigenvalue weighted by Crippen LogP contribution is 2.15. The number of hydrogen-bond donors (Lipinski definition) is 2. The molecule has 0 radical (unpaired) electrons. The van der Waals surface area contributed by atoms with Crippen molar-refractivity contribution < 1.29 is 41.0 Å². The molecule has 2 rings (SSSR count). The van der Waals surface area contributed by atoms with E-state index in [1.54, 1.807) is 36.3 Å². The monoisotopic (exact) mass is 511 g/mol. The van der Waals surface area contributed by atoms with E-state index in [2.05, 4.69) is 12.2 Å². The number of hydrogen-bond acceptors (Lipinski definition) is 6. The number of nitrogens with one attached hydrogen (secondary N) is 1. The summed E-state index contributed by atoms with van der Waals surface area (Å²) in [6.45, 7) is 5.20. The molecule has 1 aliphatic heterocycles. The first-order chi connectivity index (χ1) is 15.9. The fourth-order valence-corrected chi connectivity index (χ4v) is 4.51. The van der Waals surface area contributed by atoms with E-state index in [0.717, 1.165) is 19.3 Å².